The quantitative estimate of drug-likeness (QED) is 0.645. The molecule has 0 atom stereocenters. The molecule has 4 nitrogen and oxygen atoms in total. The number of ether oxygens (including phenoxy) is 1. The van der Waals surface area contributed by atoms with Crippen molar-refractivity contribution in [1.82, 2.24) is 0 Å². The largest absolute Gasteiger partial charge is 0.411 e. The molecular weight excluding hydrogens is 305 g/mol. The van der Waals surface area contributed by atoms with Gasteiger partial charge >= 0.3 is 6.18 Å². The van der Waals surface area contributed by atoms with E-state index in [9.17, 15) is 18.0 Å². The first kappa shape index (κ1) is 17.4. The Labute approximate surface area is 125 Å². The number of carbonyl (C=O) groups is 1. The summed E-state index contributed by atoms with van der Waals surface area (Å²) in [5, 5.41) is 0. The Morgan fingerprint density at radius 2 is 1.90 bits per heavy atom. The molecule has 0 spiro atoms. The summed E-state index contributed by atoms with van der Waals surface area (Å²) < 4.78 is 40.0. The molecule has 1 rings (SSSR count). The molecule has 0 saturated heterocycles. The van der Waals surface area contributed by atoms with Crippen molar-refractivity contribution in [3.63, 3.8) is 0 Å². The second-order valence-corrected chi connectivity index (χ2v) is 4.72. The van der Waals surface area contributed by atoms with Gasteiger partial charge < -0.3 is 15.4 Å². The van der Waals surface area contributed by atoms with E-state index in [1.165, 1.54) is 11.9 Å². The fraction of sp³-hybridized carbons (Fsp3) is 0.385. The summed E-state index contributed by atoms with van der Waals surface area (Å²) >= 11 is 4.81. The predicted molar refractivity (Wildman–Crippen MR) is 77.2 cm³/mol. The maximum absolute atomic E-state index is 11.9. The van der Waals surface area contributed by atoms with Crippen molar-refractivity contribution in [1.29, 1.82) is 0 Å². The molecule has 0 radical (unpaired) electrons. The molecule has 1 aromatic rings. The summed E-state index contributed by atoms with van der Waals surface area (Å²) in [7, 11) is 1.53. The lowest BCUT2D eigenvalue weighted by atomic mass is 10.2. The normalized spacial score (nSPS) is 11.2. The van der Waals surface area contributed by atoms with Crippen LogP contribution >= 0.6 is 12.2 Å². The zero-order valence-corrected chi connectivity index (χ0v) is 12.1. The van der Waals surface area contributed by atoms with Crippen molar-refractivity contribution in [2.45, 2.75) is 12.6 Å². The third-order valence-corrected chi connectivity index (χ3v) is 2.87. The molecule has 116 valence electrons. The van der Waals surface area contributed by atoms with Gasteiger partial charge in [-0.3, -0.25) is 4.79 Å². The lowest BCUT2D eigenvalue weighted by Gasteiger charge is -2.18. The molecular formula is C13H15F3N2O2S. The van der Waals surface area contributed by atoms with Gasteiger partial charge in [-0.25, -0.2) is 0 Å². The first-order valence-corrected chi connectivity index (χ1v) is 6.42. The molecule has 0 fully saturated rings. The van der Waals surface area contributed by atoms with E-state index in [2.05, 4.69) is 4.74 Å². The van der Waals surface area contributed by atoms with Crippen LogP contribution in [-0.4, -0.2) is 37.3 Å². The maximum atomic E-state index is 11.9. The van der Waals surface area contributed by atoms with E-state index >= 15 is 0 Å². The van der Waals surface area contributed by atoms with Crippen molar-refractivity contribution in [2.24, 2.45) is 5.73 Å². The predicted octanol–water partition coefficient (Wildman–Crippen LogP) is 2.25. The van der Waals surface area contributed by atoms with Crippen LogP contribution < -0.4 is 10.6 Å². The van der Waals surface area contributed by atoms with E-state index in [0.29, 0.717) is 11.3 Å². The molecule has 0 saturated carbocycles. The number of rotatable bonds is 6. The van der Waals surface area contributed by atoms with E-state index in [4.69, 9.17) is 18.0 Å². The fourth-order valence-corrected chi connectivity index (χ4v) is 1.64. The number of alkyl halides is 3. The minimum atomic E-state index is -4.38. The Morgan fingerprint density at radius 3 is 2.38 bits per heavy atom. The number of halogens is 3. The summed E-state index contributed by atoms with van der Waals surface area (Å²) in [5.74, 6) is -0.347. The van der Waals surface area contributed by atoms with E-state index < -0.39 is 12.8 Å². The van der Waals surface area contributed by atoms with Gasteiger partial charge in [-0.2, -0.15) is 13.2 Å². The van der Waals surface area contributed by atoms with Gasteiger partial charge in [0.2, 0.25) is 5.91 Å². The highest BCUT2D eigenvalue weighted by molar-refractivity contribution is 7.80. The van der Waals surface area contributed by atoms with Gasteiger partial charge in [-0.15, -0.1) is 0 Å². The number of benzene rings is 1. The summed E-state index contributed by atoms with van der Waals surface area (Å²) in [5.41, 5.74) is 6.72. The van der Waals surface area contributed by atoms with Gasteiger partial charge in [-0.05, 0) is 24.3 Å². The van der Waals surface area contributed by atoms with Gasteiger partial charge in [-0.1, -0.05) is 12.2 Å². The Bertz CT molecular complexity index is 503. The number of hydrogen-bond donors (Lipinski definition) is 1. The van der Waals surface area contributed by atoms with Crippen molar-refractivity contribution < 1.29 is 22.7 Å². The lowest BCUT2D eigenvalue weighted by molar-refractivity contribution is -0.174. The average Bonchev–Trinajstić information content (AvgIpc) is 2.41. The summed E-state index contributed by atoms with van der Waals surface area (Å²) in [6, 6.07) is 6.65. The summed E-state index contributed by atoms with van der Waals surface area (Å²) in [4.78, 5) is 13.4. The highest BCUT2D eigenvalue weighted by Gasteiger charge is 2.27. The molecule has 0 aromatic heterocycles. The Morgan fingerprint density at radius 1 is 1.33 bits per heavy atom. The van der Waals surface area contributed by atoms with Gasteiger partial charge in [0, 0.05) is 18.3 Å². The van der Waals surface area contributed by atoms with Crippen LogP contribution in [0.3, 0.4) is 0 Å². The summed E-state index contributed by atoms with van der Waals surface area (Å²) in [6.07, 6.45) is -4.52. The molecule has 0 aliphatic heterocycles. The van der Waals surface area contributed by atoms with Gasteiger partial charge in [0.05, 0.1) is 13.0 Å². The molecule has 2 N–H and O–H groups in total. The molecule has 8 heteroatoms. The molecule has 0 heterocycles. The third kappa shape index (κ3) is 6.09. The molecule has 1 aromatic carbocycles. The van der Waals surface area contributed by atoms with Gasteiger partial charge in [0.15, 0.2) is 0 Å². The van der Waals surface area contributed by atoms with Crippen LogP contribution in [-0.2, 0) is 9.53 Å². The number of amides is 1. The fourth-order valence-electron chi connectivity index (χ4n) is 1.51. The summed E-state index contributed by atoms with van der Waals surface area (Å²) in [6.45, 7) is -1.64. The van der Waals surface area contributed by atoms with E-state index in [1.807, 2.05) is 0 Å². The van der Waals surface area contributed by atoms with Crippen LogP contribution in [0.25, 0.3) is 0 Å². The van der Waals surface area contributed by atoms with Crippen LogP contribution in [0.1, 0.15) is 12.0 Å². The van der Waals surface area contributed by atoms with Gasteiger partial charge in [0.25, 0.3) is 0 Å². The van der Waals surface area contributed by atoms with Crippen LogP contribution in [0.15, 0.2) is 24.3 Å². The molecule has 0 aliphatic rings. The Kier molecular flexibility index (Phi) is 6.10. The highest BCUT2D eigenvalue weighted by atomic mass is 32.1. The van der Waals surface area contributed by atoms with Crippen molar-refractivity contribution in [3.05, 3.63) is 29.8 Å². The zero-order chi connectivity index (χ0) is 16.0. The monoisotopic (exact) mass is 320 g/mol. The van der Waals surface area contributed by atoms with Crippen molar-refractivity contribution >= 4 is 28.8 Å². The van der Waals surface area contributed by atoms with Gasteiger partial charge in [0.1, 0.15) is 11.6 Å². The molecule has 0 bridgehead atoms. The topological polar surface area (TPSA) is 55.6 Å². The number of nitrogens with zero attached hydrogens (tertiary/aromatic N) is 1. The number of thiocarbonyl (C=S) groups is 1. The second kappa shape index (κ2) is 7.37. The highest BCUT2D eigenvalue weighted by Crippen LogP contribution is 2.16. The number of anilines is 1. The average molecular weight is 320 g/mol. The lowest BCUT2D eigenvalue weighted by Crippen LogP contribution is -2.28. The van der Waals surface area contributed by atoms with Crippen molar-refractivity contribution in [2.75, 3.05) is 25.2 Å². The maximum Gasteiger partial charge on any atom is 0.411 e. The minimum absolute atomic E-state index is 0.135. The smallest absolute Gasteiger partial charge is 0.389 e. The molecule has 0 unspecified atom stereocenters. The molecule has 1 amide bonds. The first-order valence-electron chi connectivity index (χ1n) is 6.01. The van der Waals surface area contributed by atoms with Crippen LogP contribution in [0.4, 0.5) is 18.9 Å². The standard InChI is InChI=1S/C13H15F3N2O2S/c1-18(10-4-2-9(3-5-10)12(17)21)11(19)6-7-20-8-13(14,15)16/h2-5H,6-8H2,1H3,(H2,17,21). The zero-order valence-electron chi connectivity index (χ0n) is 11.3. The van der Waals surface area contributed by atoms with E-state index in [0.717, 1.165) is 0 Å². The van der Waals surface area contributed by atoms with E-state index in [-0.39, 0.29) is 23.9 Å². The van der Waals surface area contributed by atoms with Crippen LogP contribution in [0.5, 0.6) is 0 Å². The molecule has 21 heavy (non-hydrogen) atoms. The SMILES string of the molecule is CN(C(=O)CCOCC(F)(F)F)c1ccc(C(N)=S)cc1. The van der Waals surface area contributed by atoms with Crippen molar-refractivity contribution in [3.8, 4) is 0 Å². The second-order valence-electron chi connectivity index (χ2n) is 4.28. The number of hydrogen-bond acceptors (Lipinski definition) is 3. The Balaban J connectivity index is 2.48. The first-order chi connectivity index (χ1) is 9.70. The molecule has 0 aliphatic carbocycles. The van der Waals surface area contributed by atoms with E-state index in [1.54, 1.807) is 24.3 Å². The van der Waals surface area contributed by atoms with Crippen LogP contribution in [0.2, 0.25) is 0 Å². The number of nitrogens with two attached hydrogens (primary N) is 1. The minimum Gasteiger partial charge on any atom is -0.389 e. The third-order valence-electron chi connectivity index (χ3n) is 2.64. The Hall–Kier alpha value is -1.67. The number of carbonyl (C=O) groups excluding carboxylic acids is 1. The van der Waals surface area contributed by atoms with Crippen LogP contribution in [0, 0.1) is 0 Å².